The summed E-state index contributed by atoms with van der Waals surface area (Å²) in [5.74, 6) is 0.731. The van der Waals surface area contributed by atoms with E-state index in [4.69, 9.17) is 10.5 Å². The van der Waals surface area contributed by atoms with Crippen LogP contribution in [-0.4, -0.2) is 68.2 Å². The van der Waals surface area contributed by atoms with Gasteiger partial charge in [-0.05, 0) is 45.2 Å². The second-order valence-corrected chi connectivity index (χ2v) is 5.91. The van der Waals surface area contributed by atoms with Crippen LogP contribution in [0.5, 0.6) is 0 Å². The van der Waals surface area contributed by atoms with Crippen molar-refractivity contribution in [1.29, 1.82) is 0 Å². The molecule has 0 aromatic heterocycles. The van der Waals surface area contributed by atoms with E-state index in [0.29, 0.717) is 25.0 Å². The molecule has 2 fully saturated rings. The molecule has 19 heavy (non-hydrogen) atoms. The van der Waals surface area contributed by atoms with Crippen molar-refractivity contribution in [2.75, 3.05) is 40.4 Å². The summed E-state index contributed by atoms with van der Waals surface area (Å²) >= 11 is 0. The Morgan fingerprint density at radius 2 is 2.21 bits per heavy atom. The molecule has 2 saturated heterocycles. The minimum atomic E-state index is -0.405. The summed E-state index contributed by atoms with van der Waals surface area (Å²) in [6.45, 7) is 3.48. The molecule has 5 nitrogen and oxygen atoms in total. The zero-order chi connectivity index (χ0) is 13.8. The zero-order valence-corrected chi connectivity index (χ0v) is 12.2. The van der Waals surface area contributed by atoms with Gasteiger partial charge in [0.05, 0.1) is 6.04 Å². The Hall–Kier alpha value is -0.650. The van der Waals surface area contributed by atoms with Gasteiger partial charge in [-0.3, -0.25) is 4.79 Å². The van der Waals surface area contributed by atoms with E-state index in [-0.39, 0.29) is 5.91 Å². The molecule has 0 saturated carbocycles. The van der Waals surface area contributed by atoms with E-state index in [9.17, 15) is 4.79 Å². The smallest absolute Gasteiger partial charge is 0.239 e. The highest BCUT2D eigenvalue weighted by molar-refractivity contribution is 5.81. The molecular weight excluding hydrogens is 242 g/mol. The predicted octanol–water partition coefficient (Wildman–Crippen LogP) is 0.293. The van der Waals surface area contributed by atoms with E-state index >= 15 is 0 Å². The normalized spacial score (nSPS) is 29.9. The number of fused-ring (bicyclic) bond motifs is 1. The molecule has 2 N–H and O–H groups in total. The highest BCUT2D eigenvalue weighted by Gasteiger charge is 2.36. The van der Waals surface area contributed by atoms with Gasteiger partial charge >= 0.3 is 0 Å². The van der Waals surface area contributed by atoms with E-state index in [1.165, 1.54) is 19.4 Å². The molecule has 2 heterocycles. The van der Waals surface area contributed by atoms with Gasteiger partial charge in [-0.2, -0.15) is 0 Å². The van der Waals surface area contributed by atoms with Gasteiger partial charge in [0.1, 0.15) is 0 Å². The van der Waals surface area contributed by atoms with Crippen LogP contribution in [0.2, 0.25) is 0 Å². The SMILES string of the molecule is COCCC(N)C(=O)N1CCC2C(CCCN2C)C1. The molecule has 0 aliphatic carbocycles. The van der Waals surface area contributed by atoms with Crippen LogP contribution < -0.4 is 5.73 Å². The number of carbonyl (C=O) groups is 1. The van der Waals surface area contributed by atoms with Gasteiger partial charge in [-0.1, -0.05) is 0 Å². The Morgan fingerprint density at radius 3 is 2.95 bits per heavy atom. The molecule has 3 unspecified atom stereocenters. The van der Waals surface area contributed by atoms with E-state index in [1.807, 2.05) is 4.90 Å². The number of methoxy groups -OCH3 is 1. The van der Waals surface area contributed by atoms with Crippen LogP contribution in [0.1, 0.15) is 25.7 Å². The summed E-state index contributed by atoms with van der Waals surface area (Å²) in [5, 5.41) is 0. The fraction of sp³-hybridized carbons (Fsp3) is 0.929. The number of piperidine rings is 2. The summed E-state index contributed by atoms with van der Waals surface area (Å²) < 4.78 is 4.99. The summed E-state index contributed by atoms with van der Waals surface area (Å²) in [7, 11) is 3.85. The lowest BCUT2D eigenvalue weighted by atomic mass is 9.84. The third-order valence-corrected chi connectivity index (χ3v) is 4.61. The number of ether oxygens (including phenoxy) is 1. The van der Waals surface area contributed by atoms with Crippen molar-refractivity contribution in [3.8, 4) is 0 Å². The van der Waals surface area contributed by atoms with Crippen LogP contribution in [0.3, 0.4) is 0 Å². The number of amides is 1. The molecular formula is C14H27N3O2. The number of carbonyl (C=O) groups excluding carboxylic acids is 1. The highest BCUT2D eigenvalue weighted by atomic mass is 16.5. The van der Waals surface area contributed by atoms with Gasteiger partial charge in [0.15, 0.2) is 0 Å². The Balaban J connectivity index is 1.87. The molecule has 0 spiro atoms. The van der Waals surface area contributed by atoms with Crippen molar-refractivity contribution in [2.45, 2.75) is 37.8 Å². The van der Waals surface area contributed by atoms with Crippen LogP contribution in [0.25, 0.3) is 0 Å². The molecule has 0 aromatic carbocycles. The lowest BCUT2D eigenvalue weighted by Crippen LogP contribution is -2.56. The molecule has 3 atom stereocenters. The molecule has 2 rings (SSSR count). The maximum Gasteiger partial charge on any atom is 0.239 e. The van der Waals surface area contributed by atoms with Gasteiger partial charge < -0.3 is 20.3 Å². The first-order valence-electron chi connectivity index (χ1n) is 7.37. The maximum atomic E-state index is 12.3. The Morgan fingerprint density at radius 1 is 1.42 bits per heavy atom. The topological polar surface area (TPSA) is 58.8 Å². The summed E-state index contributed by atoms with van der Waals surface area (Å²) in [4.78, 5) is 16.7. The summed E-state index contributed by atoms with van der Waals surface area (Å²) in [5.41, 5.74) is 5.95. The van der Waals surface area contributed by atoms with Gasteiger partial charge in [-0.25, -0.2) is 0 Å². The second-order valence-electron chi connectivity index (χ2n) is 5.91. The molecule has 2 aliphatic heterocycles. The van der Waals surface area contributed by atoms with Crippen LogP contribution in [0.4, 0.5) is 0 Å². The first kappa shape index (κ1) is 14.8. The first-order chi connectivity index (χ1) is 9.13. The van der Waals surface area contributed by atoms with E-state index in [0.717, 1.165) is 19.5 Å². The van der Waals surface area contributed by atoms with Gasteiger partial charge in [0, 0.05) is 32.8 Å². The van der Waals surface area contributed by atoms with Gasteiger partial charge in [-0.15, -0.1) is 0 Å². The van der Waals surface area contributed by atoms with Crippen molar-refractivity contribution in [3.05, 3.63) is 0 Å². The van der Waals surface area contributed by atoms with Gasteiger partial charge in [0.25, 0.3) is 0 Å². The lowest BCUT2D eigenvalue weighted by molar-refractivity contribution is -0.136. The summed E-state index contributed by atoms with van der Waals surface area (Å²) in [6, 6.07) is 0.255. The lowest BCUT2D eigenvalue weighted by Gasteiger charge is -2.46. The highest BCUT2D eigenvalue weighted by Crippen LogP contribution is 2.29. The second kappa shape index (κ2) is 6.68. The molecule has 1 amide bonds. The van der Waals surface area contributed by atoms with Crippen molar-refractivity contribution < 1.29 is 9.53 Å². The quantitative estimate of drug-likeness (QED) is 0.797. The number of nitrogens with zero attached hydrogens (tertiary/aromatic N) is 2. The molecule has 0 bridgehead atoms. The minimum absolute atomic E-state index is 0.101. The third kappa shape index (κ3) is 3.46. The van der Waals surface area contributed by atoms with Crippen molar-refractivity contribution in [3.63, 3.8) is 0 Å². The Bertz CT molecular complexity index is 311. The number of likely N-dealkylation sites (tertiary alicyclic amines) is 2. The van der Waals surface area contributed by atoms with Crippen molar-refractivity contribution in [2.24, 2.45) is 11.7 Å². The Labute approximate surface area is 116 Å². The first-order valence-corrected chi connectivity index (χ1v) is 7.37. The fourth-order valence-electron chi connectivity index (χ4n) is 3.46. The predicted molar refractivity (Wildman–Crippen MR) is 74.8 cm³/mol. The van der Waals surface area contributed by atoms with Crippen LogP contribution in [0, 0.1) is 5.92 Å². The number of nitrogens with two attached hydrogens (primary N) is 1. The minimum Gasteiger partial charge on any atom is -0.385 e. The van der Waals surface area contributed by atoms with E-state index in [2.05, 4.69) is 11.9 Å². The fourth-order valence-corrected chi connectivity index (χ4v) is 3.46. The number of hydrogen-bond donors (Lipinski definition) is 1. The average Bonchev–Trinajstić information content (AvgIpc) is 2.43. The van der Waals surface area contributed by atoms with E-state index in [1.54, 1.807) is 7.11 Å². The van der Waals surface area contributed by atoms with Gasteiger partial charge in [0.2, 0.25) is 5.91 Å². The summed E-state index contributed by atoms with van der Waals surface area (Å²) in [6.07, 6.45) is 4.19. The average molecular weight is 269 g/mol. The molecule has 2 aliphatic rings. The third-order valence-electron chi connectivity index (χ3n) is 4.61. The van der Waals surface area contributed by atoms with E-state index < -0.39 is 6.04 Å². The molecule has 5 heteroatoms. The van der Waals surface area contributed by atoms with Crippen LogP contribution in [-0.2, 0) is 9.53 Å². The maximum absolute atomic E-state index is 12.3. The van der Waals surface area contributed by atoms with Crippen molar-refractivity contribution >= 4 is 5.91 Å². The monoisotopic (exact) mass is 269 g/mol. The zero-order valence-electron chi connectivity index (χ0n) is 12.2. The Kier molecular flexibility index (Phi) is 5.19. The van der Waals surface area contributed by atoms with Crippen LogP contribution >= 0.6 is 0 Å². The number of rotatable bonds is 4. The van der Waals surface area contributed by atoms with Crippen LogP contribution in [0.15, 0.2) is 0 Å². The largest absolute Gasteiger partial charge is 0.385 e. The van der Waals surface area contributed by atoms with Crippen molar-refractivity contribution in [1.82, 2.24) is 9.80 Å². The number of hydrogen-bond acceptors (Lipinski definition) is 4. The standard InChI is InChI=1S/C14H27N3O2/c1-16-7-3-4-11-10-17(8-5-13(11)16)14(18)12(15)6-9-19-2/h11-13H,3-10,15H2,1-2H3. The molecule has 0 radical (unpaired) electrons. The molecule has 0 aromatic rings. The molecule has 110 valence electrons.